The van der Waals surface area contributed by atoms with E-state index in [9.17, 15) is 9.59 Å². The minimum absolute atomic E-state index is 0.146. The SMILES string of the molecule is CCc1nn(C)c(C(=O)NCC(C)(C)C(N)=O)c1N. The van der Waals surface area contributed by atoms with Crippen LogP contribution in [0.4, 0.5) is 5.69 Å². The summed E-state index contributed by atoms with van der Waals surface area (Å²) in [7, 11) is 1.66. The fraction of sp³-hybridized carbons (Fsp3) is 0.583. The van der Waals surface area contributed by atoms with E-state index in [4.69, 9.17) is 11.5 Å². The van der Waals surface area contributed by atoms with Gasteiger partial charge in [-0.15, -0.1) is 0 Å². The Balaban J connectivity index is 2.86. The smallest absolute Gasteiger partial charge is 0.271 e. The molecule has 0 spiro atoms. The third-order valence-corrected chi connectivity index (χ3v) is 3.07. The molecule has 1 rings (SSSR count). The molecule has 19 heavy (non-hydrogen) atoms. The fourth-order valence-corrected chi connectivity index (χ4v) is 1.60. The van der Waals surface area contributed by atoms with Gasteiger partial charge in [-0.2, -0.15) is 5.10 Å². The van der Waals surface area contributed by atoms with Gasteiger partial charge in [-0.1, -0.05) is 6.92 Å². The molecular weight excluding hydrogens is 246 g/mol. The highest BCUT2D eigenvalue weighted by Gasteiger charge is 2.27. The van der Waals surface area contributed by atoms with Gasteiger partial charge in [0.05, 0.1) is 16.8 Å². The number of nitrogens with zero attached hydrogens (tertiary/aromatic N) is 2. The van der Waals surface area contributed by atoms with E-state index >= 15 is 0 Å². The zero-order valence-electron chi connectivity index (χ0n) is 11.8. The van der Waals surface area contributed by atoms with Crippen molar-refractivity contribution in [3.8, 4) is 0 Å². The van der Waals surface area contributed by atoms with Crippen molar-refractivity contribution in [3.05, 3.63) is 11.4 Å². The van der Waals surface area contributed by atoms with Crippen molar-refractivity contribution >= 4 is 17.5 Å². The molecule has 0 aliphatic carbocycles. The Kier molecular flexibility index (Phi) is 4.18. The van der Waals surface area contributed by atoms with Crippen LogP contribution in [0.3, 0.4) is 0 Å². The zero-order valence-corrected chi connectivity index (χ0v) is 11.8. The Labute approximate surface area is 112 Å². The van der Waals surface area contributed by atoms with Gasteiger partial charge in [0.15, 0.2) is 0 Å². The number of anilines is 1. The van der Waals surface area contributed by atoms with Crippen LogP contribution in [0.2, 0.25) is 0 Å². The maximum Gasteiger partial charge on any atom is 0.271 e. The van der Waals surface area contributed by atoms with E-state index in [1.807, 2.05) is 6.92 Å². The molecule has 7 nitrogen and oxygen atoms in total. The molecule has 0 saturated carbocycles. The first-order valence-electron chi connectivity index (χ1n) is 6.10. The lowest BCUT2D eigenvalue weighted by Crippen LogP contribution is -2.42. The van der Waals surface area contributed by atoms with Crippen LogP contribution in [0.5, 0.6) is 0 Å². The number of nitrogens with one attached hydrogen (secondary N) is 1. The minimum atomic E-state index is -0.809. The molecule has 0 aromatic carbocycles. The highest BCUT2D eigenvalue weighted by Crippen LogP contribution is 2.18. The lowest BCUT2D eigenvalue weighted by atomic mass is 9.93. The second-order valence-corrected chi connectivity index (χ2v) is 5.12. The van der Waals surface area contributed by atoms with Gasteiger partial charge in [0.2, 0.25) is 5.91 Å². The van der Waals surface area contributed by atoms with Gasteiger partial charge in [0.25, 0.3) is 5.91 Å². The summed E-state index contributed by atoms with van der Waals surface area (Å²) in [5, 5.41) is 6.83. The predicted octanol–water partition coefficient (Wildman–Crippen LogP) is -0.194. The monoisotopic (exact) mass is 267 g/mol. The van der Waals surface area contributed by atoms with E-state index < -0.39 is 11.3 Å². The van der Waals surface area contributed by atoms with Crippen molar-refractivity contribution in [2.45, 2.75) is 27.2 Å². The van der Waals surface area contributed by atoms with Crippen LogP contribution in [0, 0.1) is 5.41 Å². The number of carbonyl (C=O) groups excluding carboxylic acids is 2. The van der Waals surface area contributed by atoms with Crippen LogP contribution in [0.1, 0.15) is 37.0 Å². The number of hydrogen-bond acceptors (Lipinski definition) is 4. The first-order valence-corrected chi connectivity index (χ1v) is 6.10. The second-order valence-electron chi connectivity index (χ2n) is 5.12. The highest BCUT2D eigenvalue weighted by atomic mass is 16.2. The molecule has 0 saturated heterocycles. The Morgan fingerprint density at radius 1 is 1.42 bits per heavy atom. The molecule has 5 N–H and O–H groups in total. The molecule has 7 heteroatoms. The van der Waals surface area contributed by atoms with Crippen molar-refractivity contribution in [2.24, 2.45) is 18.2 Å². The van der Waals surface area contributed by atoms with Crippen molar-refractivity contribution in [2.75, 3.05) is 12.3 Å². The molecule has 0 aliphatic rings. The Bertz CT molecular complexity index is 504. The quantitative estimate of drug-likeness (QED) is 0.685. The van der Waals surface area contributed by atoms with Crippen LogP contribution in [0.25, 0.3) is 0 Å². The largest absolute Gasteiger partial charge is 0.395 e. The summed E-state index contributed by atoms with van der Waals surface area (Å²) in [4.78, 5) is 23.3. The van der Waals surface area contributed by atoms with Crippen molar-refractivity contribution in [1.82, 2.24) is 15.1 Å². The number of carbonyl (C=O) groups is 2. The number of aryl methyl sites for hydroxylation is 2. The maximum absolute atomic E-state index is 12.1. The van der Waals surface area contributed by atoms with Gasteiger partial charge < -0.3 is 16.8 Å². The van der Waals surface area contributed by atoms with Gasteiger partial charge in [0.1, 0.15) is 5.69 Å². The normalized spacial score (nSPS) is 11.4. The van der Waals surface area contributed by atoms with Crippen LogP contribution >= 0.6 is 0 Å². The molecule has 0 bridgehead atoms. The summed E-state index contributed by atoms with van der Waals surface area (Å²) < 4.78 is 1.45. The van der Waals surface area contributed by atoms with E-state index in [2.05, 4.69) is 10.4 Å². The van der Waals surface area contributed by atoms with Crippen LogP contribution < -0.4 is 16.8 Å². The summed E-state index contributed by atoms with van der Waals surface area (Å²) >= 11 is 0. The van der Waals surface area contributed by atoms with Crippen molar-refractivity contribution in [1.29, 1.82) is 0 Å². The van der Waals surface area contributed by atoms with E-state index in [-0.39, 0.29) is 12.5 Å². The molecule has 106 valence electrons. The van der Waals surface area contributed by atoms with Crippen LogP contribution in [0.15, 0.2) is 0 Å². The zero-order chi connectivity index (χ0) is 14.8. The van der Waals surface area contributed by atoms with Gasteiger partial charge >= 0.3 is 0 Å². The van der Waals surface area contributed by atoms with Gasteiger partial charge in [-0.25, -0.2) is 0 Å². The van der Waals surface area contributed by atoms with Crippen LogP contribution in [-0.2, 0) is 18.3 Å². The Hall–Kier alpha value is -2.05. The first kappa shape index (κ1) is 15.0. The molecule has 0 fully saturated rings. The lowest BCUT2D eigenvalue weighted by molar-refractivity contribution is -0.125. The van der Waals surface area contributed by atoms with E-state index in [1.165, 1.54) is 4.68 Å². The number of aromatic nitrogens is 2. The molecule has 0 radical (unpaired) electrons. The number of nitrogens with two attached hydrogens (primary N) is 2. The molecule has 1 aromatic heterocycles. The summed E-state index contributed by atoms with van der Waals surface area (Å²) in [6.07, 6.45) is 0.653. The average molecular weight is 267 g/mol. The fourth-order valence-electron chi connectivity index (χ4n) is 1.60. The molecule has 0 aliphatic heterocycles. The molecule has 2 amide bonds. The van der Waals surface area contributed by atoms with Gasteiger partial charge in [0, 0.05) is 13.6 Å². The number of rotatable bonds is 5. The number of nitrogen functional groups attached to an aromatic ring is 1. The second kappa shape index (κ2) is 5.29. The van der Waals surface area contributed by atoms with Crippen LogP contribution in [-0.4, -0.2) is 28.1 Å². The van der Waals surface area contributed by atoms with Gasteiger partial charge in [-0.05, 0) is 20.3 Å². The molecule has 1 aromatic rings. The van der Waals surface area contributed by atoms with E-state index in [0.29, 0.717) is 23.5 Å². The van der Waals surface area contributed by atoms with Crippen molar-refractivity contribution < 1.29 is 9.59 Å². The molecule has 1 heterocycles. The number of primary amides is 1. The third-order valence-electron chi connectivity index (χ3n) is 3.07. The summed E-state index contributed by atoms with van der Waals surface area (Å²) in [5.41, 5.74) is 11.7. The van der Waals surface area contributed by atoms with Crippen molar-refractivity contribution in [3.63, 3.8) is 0 Å². The predicted molar refractivity (Wildman–Crippen MR) is 72.3 cm³/mol. The first-order chi connectivity index (χ1) is 8.70. The van der Waals surface area contributed by atoms with Gasteiger partial charge in [-0.3, -0.25) is 14.3 Å². The number of hydrogen-bond donors (Lipinski definition) is 3. The highest BCUT2D eigenvalue weighted by molar-refractivity contribution is 5.98. The maximum atomic E-state index is 12.1. The lowest BCUT2D eigenvalue weighted by Gasteiger charge is -2.20. The summed E-state index contributed by atoms with van der Waals surface area (Å²) in [5.74, 6) is -0.832. The molecular formula is C12H21N5O2. The summed E-state index contributed by atoms with van der Waals surface area (Å²) in [6, 6.07) is 0. The number of amides is 2. The average Bonchev–Trinajstić information content (AvgIpc) is 2.61. The topological polar surface area (TPSA) is 116 Å². The third kappa shape index (κ3) is 3.04. The minimum Gasteiger partial charge on any atom is -0.395 e. The Morgan fingerprint density at radius 2 is 2.00 bits per heavy atom. The Morgan fingerprint density at radius 3 is 2.42 bits per heavy atom. The molecule has 0 unspecified atom stereocenters. The van der Waals surface area contributed by atoms with E-state index in [1.54, 1.807) is 20.9 Å². The summed E-state index contributed by atoms with van der Waals surface area (Å²) in [6.45, 7) is 5.39. The molecule has 0 atom stereocenters. The standard InChI is InChI=1S/C12H21N5O2/c1-5-7-8(13)9(17(4)16-7)10(18)15-6-12(2,3)11(14)19/h5-6,13H2,1-4H3,(H2,14,19)(H,15,18). The van der Waals surface area contributed by atoms with E-state index in [0.717, 1.165) is 0 Å².